The number of hydrogen-bond donors (Lipinski definition) is 0. The molecule has 4 aromatic rings. The maximum absolute atomic E-state index is 14.2. The summed E-state index contributed by atoms with van der Waals surface area (Å²) in [7, 11) is 3.08. The van der Waals surface area contributed by atoms with E-state index in [1.807, 2.05) is 26.0 Å². The molecule has 3 aromatic carbocycles. The number of ether oxygens (including phenoxy) is 5. The van der Waals surface area contributed by atoms with Crippen LogP contribution in [-0.4, -0.2) is 37.5 Å². The van der Waals surface area contributed by atoms with Crippen molar-refractivity contribution in [1.82, 2.24) is 4.57 Å². The molecule has 0 spiro atoms. The van der Waals surface area contributed by atoms with E-state index < -0.39 is 12.0 Å². The Morgan fingerprint density at radius 1 is 1.02 bits per heavy atom. The van der Waals surface area contributed by atoms with Gasteiger partial charge in [-0.1, -0.05) is 62.6 Å². The minimum Gasteiger partial charge on any atom is -0.493 e. The first-order valence-electron chi connectivity index (χ1n) is 14.9. The molecular formula is C35H33BrCl2N2O7S. The Morgan fingerprint density at radius 3 is 2.42 bits per heavy atom. The zero-order chi connectivity index (χ0) is 34.7. The summed E-state index contributed by atoms with van der Waals surface area (Å²) in [5, 5.41) is 0.897. The highest BCUT2D eigenvalue weighted by Crippen LogP contribution is 2.37. The van der Waals surface area contributed by atoms with E-state index in [0.717, 1.165) is 5.56 Å². The average molecular weight is 777 g/mol. The van der Waals surface area contributed by atoms with Crippen LogP contribution in [0, 0.1) is 0 Å². The Labute approximate surface area is 300 Å². The molecule has 1 aromatic heterocycles. The molecule has 0 saturated heterocycles. The molecule has 252 valence electrons. The van der Waals surface area contributed by atoms with E-state index in [2.05, 4.69) is 20.9 Å². The van der Waals surface area contributed by atoms with Crippen LogP contribution in [0.4, 0.5) is 0 Å². The highest BCUT2D eigenvalue weighted by molar-refractivity contribution is 9.10. The number of carbonyl (C=O) groups is 1. The molecule has 0 radical (unpaired) electrons. The Balaban J connectivity index is 1.59. The van der Waals surface area contributed by atoms with Crippen molar-refractivity contribution < 1.29 is 28.5 Å². The number of esters is 1. The summed E-state index contributed by atoms with van der Waals surface area (Å²) < 4.78 is 31.2. The molecule has 0 saturated carbocycles. The molecule has 1 aliphatic rings. The molecule has 1 aliphatic heterocycles. The van der Waals surface area contributed by atoms with Crippen LogP contribution in [0.3, 0.4) is 0 Å². The number of benzene rings is 3. The van der Waals surface area contributed by atoms with Crippen LogP contribution < -0.4 is 33.8 Å². The van der Waals surface area contributed by atoms with E-state index in [0.29, 0.717) is 63.7 Å². The zero-order valence-corrected chi connectivity index (χ0v) is 31.0. The molecule has 0 unspecified atom stereocenters. The van der Waals surface area contributed by atoms with Crippen molar-refractivity contribution in [3.05, 3.63) is 111 Å². The standard InChI is InChI=1S/C35H33BrCl2N2O7S/c1-7-45-34(42)31-19(4)39-35-40(32(31)21-9-11-26(47-18(2)3)27(13-21)43-5)33(41)30(48-35)15-22-14-28(44-6)29(16-23(22)36)46-17-20-8-10-24(37)25(38)12-20/h8-16,18,32H,7,17H2,1-6H3/b30-15-/t32-/m1/s1. The van der Waals surface area contributed by atoms with E-state index in [-0.39, 0.29) is 30.5 Å². The van der Waals surface area contributed by atoms with Crippen LogP contribution >= 0.6 is 50.5 Å². The Hall–Kier alpha value is -3.77. The van der Waals surface area contributed by atoms with Crippen molar-refractivity contribution in [3.63, 3.8) is 0 Å². The SMILES string of the molecule is CCOC(=O)C1=C(C)N=c2s/c(=C\c3cc(OC)c(OCc4ccc(Cl)c(Cl)c4)cc3Br)c(=O)n2[C@@H]1c1ccc(OC(C)C)c(OC)c1. The Morgan fingerprint density at radius 2 is 1.75 bits per heavy atom. The number of thiazole rings is 1. The van der Waals surface area contributed by atoms with Gasteiger partial charge in [-0.05, 0) is 86.9 Å². The lowest BCUT2D eigenvalue weighted by Crippen LogP contribution is -2.40. The second kappa shape index (κ2) is 15.2. The molecule has 1 atom stereocenters. The minimum atomic E-state index is -0.820. The minimum absolute atomic E-state index is 0.0826. The predicted octanol–water partition coefficient (Wildman–Crippen LogP) is 7.25. The first kappa shape index (κ1) is 35.5. The van der Waals surface area contributed by atoms with E-state index in [4.69, 9.17) is 46.9 Å². The van der Waals surface area contributed by atoms with Gasteiger partial charge in [-0.15, -0.1) is 0 Å². The highest BCUT2D eigenvalue weighted by atomic mass is 79.9. The number of halogens is 3. The number of carbonyl (C=O) groups excluding carboxylic acids is 1. The van der Waals surface area contributed by atoms with Crippen molar-refractivity contribution in [2.75, 3.05) is 20.8 Å². The molecule has 0 amide bonds. The average Bonchev–Trinajstić information content (AvgIpc) is 3.35. The fourth-order valence-corrected chi connectivity index (χ4v) is 6.97. The summed E-state index contributed by atoms with van der Waals surface area (Å²) in [6.45, 7) is 7.71. The van der Waals surface area contributed by atoms with E-state index >= 15 is 0 Å². The first-order chi connectivity index (χ1) is 22.9. The normalized spacial score (nSPS) is 14.5. The third-order valence-electron chi connectivity index (χ3n) is 7.33. The van der Waals surface area contributed by atoms with Gasteiger partial charge >= 0.3 is 5.97 Å². The molecule has 0 N–H and O–H groups in total. The highest BCUT2D eigenvalue weighted by Gasteiger charge is 2.34. The largest absolute Gasteiger partial charge is 0.493 e. The second-order valence-electron chi connectivity index (χ2n) is 10.9. The van der Waals surface area contributed by atoms with Crippen LogP contribution in [0.1, 0.15) is 50.4 Å². The lowest BCUT2D eigenvalue weighted by atomic mass is 9.95. The molecular weight excluding hydrogens is 743 g/mol. The number of methoxy groups -OCH3 is 2. The van der Waals surface area contributed by atoms with Gasteiger partial charge in [0.25, 0.3) is 5.56 Å². The van der Waals surface area contributed by atoms with E-state index in [1.165, 1.54) is 15.9 Å². The lowest BCUT2D eigenvalue weighted by Gasteiger charge is -2.25. The molecule has 2 heterocycles. The molecule has 5 rings (SSSR count). The van der Waals surface area contributed by atoms with Gasteiger partial charge in [0.1, 0.15) is 6.61 Å². The van der Waals surface area contributed by atoms with Gasteiger partial charge in [0, 0.05) is 4.47 Å². The van der Waals surface area contributed by atoms with Gasteiger partial charge in [0.2, 0.25) is 0 Å². The van der Waals surface area contributed by atoms with Crippen LogP contribution in [0.15, 0.2) is 74.1 Å². The van der Waals surface area contributed by atoms with Gasteiger partial charge in [-0.2, -0.15) is 0 Å². The van der Waals surface area contributed by atoms with Crippen LogP contribution in [0.25, 0.3) is 6.08 Å². The number of nitrogens with zero attached hydrogens (tertiary/aromatic N) is 2. The fourth-order valence-electron chi connectivity index (χ4n) is 5.18. The van der Waals surface area contributed by atoms with Gasteiger partial charge in [-0.25, -0.2) is 9.79 Å². The van der Waals surface area contributed by atoms with Gasteiger partial charge in [0.15, 0.2) is 27.8 Å². The van der Waals surface area contributed by atoms with Gasteiger partial charge < -0.3 is 23.7 Å². The molecule has 9 nitrogen and oxygen atoms in total. The zero-order valence-electron chi connectivity index (χ0n) is 27.1. The summed E-state index contributed by atoms with van der Waals surface area (Å²) in [4.78, 5) is 32.7. The lowest BCUT2D eigenvalue weighted by molar-refractivity contribution is -0.139. The topological polar surface area (TPSA) is 97.6 Å². The molecule has 13 heteroatoms. The maximum atomic E-state index is 14.2. The number of allylic oxidation sites excluding steroid dienone is 1. The number of hydrogen-bond acceptors (Lipinski definition) is 9. The first-order valence-corrected chi connectivity index (χ1v) is 17.3. The summed E-state index contributed by atoms with van der Waals surface area (Å²) in [6, 6.07) is 13.4. The molecule has 48 heavy (non-hydrogen) atoms. The third kappa shape index (κ3) is 7.44. The van der Waals surface area contributed by atoms with Crippen molar-refractivity contribution in [2.45, 2.75) is 46.4 Å². The maximum Gasteiger partial charge on any atom is 0.338 e. The molecule has 0 bridgehead atoms. The number of rotatable bonds is 11. The number of fused-ring (bicyclic) bond motifs is 1. The molecule has 0 aliphatic carbocycles. The van der Waals surface area contributed by atoms with Crippen LogP contribution in [0.5, 0.6) is 23.0 Å². The van der Waals surface area contributed by atoms with Crippen LogP contribution in [0.2, 0.25) is 10.0 Å². The van der Waals surface area contributed by atoms with Crippen LogP contribution in [-0.2, 0) is 16.1 Å². The van der Waals surface area contributed by atoms with Crippen molar-refractivity contribution in [3.8, 4) is 23.0 Å². The second-order valence-corrected chi connectivity index (χ2v) is 13.6. The van der Waals surface area contributed by atoms with Crippen molar-refractivity contribution in [2.24, 2.45) is 4.99 Å². The monoisotopic (exact) mass is 774 g/mol. The van der Waals surface area contributed by atoms with Crippen molar-refractivity contribution >= 4 is 62.5 Å². The smallest absolute Gasteiger partial charge is 0.338 e. The Kier molecular flexibility index (Phi) is 11.2. The fraction of sp³-hybridized carbons (Fsp3) is 0.286. The Bertz CT molecular complexity index is 2090. The van der Waals surface area contributed by atoms with E-state index in [1.54, 1.807) is 70.5 Å². The van der Waals surface area contributed by atoms with Gasteiger partial charge in [-0.3, -0.25) is 9.36 Å². The van der Waals surface area contributed by atoms with Crippen molar-refractivity contribution in [1.29, 1.82) is 0 Å². The summed E-state index contributed by atoms with van der Waals surface area (Å²) in [6.07, 6.45) is 1.67. The molecule has 0 fully saturated rings. The summed E-state index contributed by atoms with van der Waals surface area (Å²) in [5.41, 5.74) is 2.54. The predicted molar refractivity (Wildman–Crippen MR) is 191 cm³/mol. The van der Waals surface area contributed by atoms with E-state index in [9.17, 15) is 9.59 Å². The summed E-state index contributed by atoms with van der Waals surface area (Å²) in [5.74, 6) is 1.42. The third-order valence-corrected chi connectivity index (χ3v) is 9.74. The summed E-state index contributed by atoms with van der Waals surface area (Å²) >= 11 is 17.0. The number of aromatic nitrogens is 1. The quantitative estimate of drug-likeness (QED) is 0.148. The van der Waals surface area contributed by atoms with Gasteiger partial charge in [0.05, 0.1) is 58.8 Å².